The van der Waals surface area contributed by atoms with Crippen molar-refractivity contribution in [3.8, 4) is 16.9 Å². The van der Waals surface area contributed by atoms with E-state index in [0.29, 0.717) is 11.4 Å². The van der Waals surface area contributed by atoms with E-state index in [9.17, 15) is 4.39 Å². The number of alkyl halides is 1. The molecule has 5 heterocycles. The van der Waals surface area contributed by atoms with Crippen molar-refractivity contribution in [2.45, 2.75) is 0 Å². The lowest BCUT2D eigenvalue weighted by atomic mass is 10.1. The van der Waals surface area contributed by atoms with Crippen molar-refractivity contribution in [3.63, 3.8) is 0 Å². The van der Waals surface area contributed by atoms with Gasteiger partial charge in [-0.2, -0.15) is 5.10 Å². The van der Waals surface area contributed by atoms with Crippen LogP contribution in [0.5, 0.6) is 5.75 Å². The van der Waals surface area contributed by atoms with Crippen LogP contribution in [-0.2, 0) is 0 Å². The number of aromatic nitrogens is 5. The maximum absolute atomic E-state index is 12.6. The maximum atomic E-state index is 12.6. The van der Waals surface area contributed by atoms with Crippen LogP contribution in [0.3, 0.4) is 0 Å². The molecule has 0 aliphatic carbocycles. The van der Waals surface area contributed by atoms with Crippen molar-refractivity contribution in [2.24, 2.45) is 0 Å². The van der Waals surface area contributed by atoms with Gasteiger partial charge in [0, 0.05) is 43.5 Å². The Hall–Kier alpha value is -3.20. The number of anilines is 1. The number of H-pyrrole nitrogens is 1. The second-order valence-electron chi connectivity index (χ2n) is 7.25. The van der Waals surface area contributed by atoms with Crippen molar-refractivity contribution in [3.05, 3.63) is 36.8 Å². The number of hydrogen-bond donors (Lipinski definition) is 1. The third-order valence-corrected chi connectivity index (χ3v) is 5.33. The first-order chi connectivity index (χ1) is 14.2. The van der Waals surface area contributed by atoms with Gasteiger partial charge in [-0.1, -0.05) is 0 Å². The predicted molar refractivity (Wildman–Crippen MR) is 109 cm³/mol. The number of piperazine rings is 1. The summed E-state index contributed by atoms with van der Waals surface area (Å²) in [4.78, 5) is 9.33. The number of hydrogen-bond acceptors (Lipinski definition) is 6. The molecule has 1 aliphatic rings. The topological polar surface area (TPSA) is 74.6 Å². The Morgan fingerprint density at radius 1 is 1.17 bits per heavy atom. The van der Waals surface area contributed by atoms with Crippen LogP contribution in [-0.4, -0.2) is 76.2 Å². The number of rotatable bonds is 5. The Kier molecular flexibility index (Phi) is 4.51. The van der Waals surface area contributed by atoms with E-state index in [0.717, 1.165) is 54.0 Å². The molecule has 0 bridgehead atoms. The summed E-state index contributed by atoms with van der Waals surface area (Å²) in [5, 5.41) is 12.4. The Labute approximate surface area is 166 Å². The van der Waals surface area contributed by atoms with Crippen molar-refractivity contribution in [1.82, 2.24) is 29.7 Å². The van der Waals surface area contributed by atoms with E-state index in [1.165, 1.54) is 0 Å². The fourth-order valence-electron chi connectivity index (χ4n) is 3.76. The molecular weight excluding hydrogens is 373 g/mol. The van der Waals surface area contributed by atoms with Gasteiger partial charge in [0.15, 0.2) is 5.65 Å². The van der Waals surface area contributed by atoms with E-state index < -0.39 is 6.67 Å². The average Bonchev–Trinajstić information content (AvgIpc) is 3.33. The van der Waals surface area contributed by atoms with Gasteiger partial charge in [-0.3, -0.25) is 5.10 Å². The van der Waals surface area contributed by atoms with Crippen LogP contribution in [0.2, 0.25) is 0 Å². The molecule has 1 fully saturated rings. The maximum Gasteiger partial charge on any atom is 0.178 e. The molecule has 0 atom stereocenters. The number of halogens is 1. The van der Waals surface area contributed by atoms with Crippen LogP contribution in [0.1, 0.15) is 0 Å². The van der Waals surface area contributed by atoms with Crippen LogP contribution in [0.25, 0.3) is 27.7 Å². The van der Waals surface area contributed by atoms with Crippen LogP contribution in [0, 0.1) is 0 Å². The summed E-state index contributed by atoms with van der Waals surface area (Å²) in [6, 6.07) is 6.02. The molecular formula is C20H22FN7O. The molecule has 5 rings (SSSR count). The van der Waals surface area contributed by atoms with E-state index in [1.54, 1.807) is 16.9 Å². The Morgan fingerprint density at radius 2 is 2.03 bits per heavy atom. The first-order valence-corrected chi connectivity index (χ1v) is 9.67. The Bertz CT molecular complexity index is 1130. The summed E-state index contributed by atoms with van der Waals surface area (Å²) in [7, 11) is 2.14. The number of nitrogens with zero attached hydrogens (tertiary/aromatic N) is 6. The van der Waals surface area contributed by atoms with Crippen molar-refractivity contribution in [2.75, 3.05) is 51.4 Å². The second-order valence-corrected chi connectivity index (χ2v) is 7.25. The molecule has 0 spiro atoms. The summed E-state index contributed by atoms with van der Waals surface area (Å²) in [5.41, 5.74) is 3.47. The molecule has 9 heteroatoms. The highest BCUT2D eigenvalue weighted by atomic mass is 19.1. The molecule has 4 aromatic heterocycles. The number of ether oxygens (including phenoxy) is 1. The first-order valence-electron chi connectivity index (χ1n) is 9.67. The van der Waals surface area contributed by atoms with Gasteiger partial charge in [-0.25, -0.2) is 13.9 Å². The Morgan fingerprint density at radius 3 is 2.79 bits per heavy atom. The van der Waals surface area contributed by atoms with Gasteiger partial charge in [0.25, 0.3) is 0 Å². The van der Waals surface area contributed by atoms with E-state index in [-0.39, 0.29) is 6.61 Å². The van der Waals surface area contributed by atoms with Gasteiger partial charge in [-0.05, 0) is 25.2 Å². The molecule has 150 valence electrons. The van der Waals surface area contributed by atoms with Crippen LogP contribution < -0.4 is 9.64 Å². The zero-order valence-corrected chi connectivity index (χ0v) is 16.2. The summed E-state index contributed by atoms with van der Waals surface area (Å²) in [6.07, 6.45) is 5.39. The highest BCUT2D eigenvalue weighted by Crippen LogP contribution is 2.33. The number of pyridine rings is 2. The fourth-order valence-corrected chi connectivity index (χ4v) is 3.76. The highest BCUT2D eigenvalue weighted by Gasteiger charge is 2.17. The lowest BCUT2D eigenvalue weighted by molar-refractivity contribution is 0.272. The monoisotopic (exact) mass is 395 g/mol. The third kappa shape index (κ3) is 3.27. The largest absolute Gasteiger partial charge is 0.489 e. The molecule has 29 heavy (non-hydrogen) atoms. The SMILES string of the molecule is CN1CCN(c2ccc(-c3cc(OCCF)cn4nc5[nH]ncc5c34)cn2)CC1. The number of fused-ring (bicyclic) bond motifs is 3. The fraction of sp³-hybridized carbons (Fsp3) is 0.350. The minimum atomic E-state index is -0.543. The van der Waals surface area contributed by atoms with Crippen molar-refractivity contribution < 1.29 is 9.13 Å². The number of aromatic amines is 1. The molecule has 0 unspecified atom stereocenters. The average molecular weight is 395 g/mol. The molecule has 0 saturated carbocycles. The van der Waals surface area contributed by atoms with E-state index in [4.69, 9.17) is 9.72 Å². The predicted octanol–water partition coefficient (Wildman–Crippen LogP) is 2.37. The number of nitrogens with one attached hydrogen (secondary N) is 1. The standard InChI is InChI=1S/C20H22FN7O/c1-26-5-7-27(8-6-26)18-3-2-14(11-22-18)16-10-15(29-9-4-21)13-28-19(16)17-12-23-24-20(17)25-28/h2-3,10-13H,4-9H2,1H3,(H,24,25). The zero-order valence-electron chi connectivity index (χ0n) is 16.2. The molecule has 0 aromatic carbocycles. The lowest BCUT2D eigenvalue weighted by Gasteiger charge is -2.33. The smallest absolute Gasteiger partial charge is 0.178 e. The molecule has 0 radical (unpaired) electrons. The summed E-state index contributed by atoms with van der Waals surface area (Å²) in [5.74, 6) is 1.54. The van der Waals surface area contributed by atoms with Gasteiger partial charge in [0.05, 0.1) is 23.3 Å². The molecule has 4 aromatic rings. The van der Waals surface area contributed by atoms with E-state index in [2.05, 4.69) is 44.3 Å². The third-order valence-electron chi connectivity index (χ3n) is 5.33. The van der Waals surface area contributed by atoms with Gasteiger partial charge >= 0.3 is 0 Å². The minimum Gasteiger partial charge on any atom is -0.489 e. The van der Waals surface area contributed by atoms with Gasteiger partial charge in [-0.15, -0.1) is 5.10 Å². The van der Waals surface area contributed by atoms with Crippen LogP contribution in [0.15, 0.2) is 36.8 Å². The van der Waals surface area contributed by atoms with Crippen LogP contribution >= 0.6 is 0 Å². The van der Waals surface area contributed by atoms with Gasteiger partial charge in [0.2, 0.25) is 0 Å². The van der Waals surface area contributed by atoms with Crippen molar-refractivity contribution in [1.29, 1.82) is 0 Å². The van der Waals surface area contributed by atoms with E-state index >= 15 is 0 Å². The Balaban J connectivity index is 1.55. The number of likely N-dealkylation sites (N-methyl/N-ethyl adjacent to an activating group) is 1. The summed E-state index contributed by atoms with van der Waals surface area (Å²) < 4.78 is 19.9. The van der Waals surface area contributed by atoms with Crippen molar-refractivity contribution >= 4 is 22.4 Å². The summed E-state index contributed by atoms with van der Waals surface area (Å²) >= 11 is 0. The summed E-state index contributed by atoms with van der Waals surface area (Å²) in [6.45, 7) is 3.47. The zero-order chi connectivity index (χ0) is 19.8. The van der Waals surface area contributed by atoms with Crippen LogP contribution in [0.4, 0.5) is 10.2 Å². The van der Waals surface area contributed by atoms with Gasteiger partial charge in [0.1, 0.15) is 24.8 Å². The van der Waals surface area contributed by atoms with E-state index in [1.807, 2.05) is 12.3 Å². The molecule has 1 saturated heterocycles. The molecule has 8 nitrogen and oxygen atoms in total. The molecule has 1 aliphatic heterocycles. The lowest BCUT2D eigenvalue weighted by Crippen LogP contribution is -2.44. The molecule has 1 N–H and O–H groups in total. The highest BCUT2D eigenvalue weighted by molar-refractivity contribution is 6.00. The minimum absolute atomic E-state index is 0.00618. The quantitative estimate of drug-likeness (QED) is 0.559. The second kappa shape index (κ2) is 7.32. The first kappa shape index (κ1) is 17.9. The normalized spacial score (nSPS) is 15.4. The van der Waals surface area contributed by atoms with Gasteiger partial charge < -0.3 is 14.5 Å². The molecule has 0 amide bonds.